The van der Waals surface area contributed by atoms with Crippen LogP contribution in [0.1, 0.15) is 21.5 Å². The summed E-state index contributed by atoms with van der Waals surface area (Å²) < 4.78 is 27.5. The van der Waals surface area contributed by atoms with Crippen molar-refractivity contribution in [1.82, 2.24) is 15.1 Å². The van der Waals surface area contributed by atoms with Crippen LogP contribution in [-0.4, -0.2) is 28.1 Å². The second-order valence-corrected chi connectivity index (χ2v) is 4.32. The second kappa shape index (κ2) is 5.17. The zero-order valence-electron chi connectivity index (χ0n) is 10.6. The number of carbonyl (C=O) groups excluding carboxylic acids is 1. The zero-order chi connectivity index (χ0) is 14.0. The fraction of sp³-hybridized carbons (Fsp3) is 0.231. The van der Waals surface area contributed by atoms with E-state index < -0.39 is 23.1 Å². The molecule has 1 heterocycles. The summed E-state index contributed by atoms with van der Waals surface area (Å²) in [6.07, 6.45) is 3.17. The maximum atomic E-state index is 13.8. The summed E-state index contributed by atoms with van der Waals surface area (Å²) in [6, 6.07) is 2.40. The van der Waals surface area contributed by atoms with Crippen LogP contribution in [0.25, 0.3) is 0 Å². The first-order chi connectivity index (χ1) is 9.00. The molecule has 2 aromatic rings. The minimum Gasteiger partial charge on any atom is -0.337 e. The summed E-state index contributed by atoms with van der Waals surface area (Å²) in [5.41, 5.74) is 0.469. The number of carbonyl (C=O) groups is 1. The molecule has 0 aliphatic carbocycles. The molecule has 2 rings (SSSR count). The molecule has 0 saturated carbocycles. The highest BCUT2D eigenvalue weighted by atomic mass is 19.1. The van der Waals surface area contributed by atoms with Gasteiger partial charge in [-0.05, 0) is 18.6 Å². The van der Waals surface area contributed by atoms with Crippen LogP contribution in [0.5, 0.6) is 0 Å². The molecule has 0 radical (unpaired) electrons. The molecule has 1 aromatic heterocycles. The number of aryl methyl sites for hydroxylation is 1. The molecule has 1 aromatic carbocycles. The van der Waals surface area contributed by atoms with Gasteiger partial charge in [0.25, 0.3) is 5.91 Å². The van der Waals surface area contributed by atoms with Crippen molar-refractivity contribution in [2.24, 2.45) is 0 Å². The normalized spacial score (nSPS) is 10.5. The van der Waals surface area contributed by atoms with Gasteiger partial charge in [-0.1, -0.05) is 6.07 Å². The number of halogens is 2. The molecule has 0 atom stereocenters. The van der Waals surface area contributed by atoms with Crippen LogP contribution >= 0.6 is 0 Å². The molecule has 0 bridgehead atoms. The van der Waals surface area contributed by atoms with E-state index in [0.29, 0.717) is 0 Å². The van der Waals surface area contributed by atoms with E-state index in [-0.39, 0.29) is 12.1 Å². The van der Waals surface area contributed by atoms with Crippen molar-refractivity contribution < 1.29 is 13.6 Å². The van der Waals surface area contributed by atoms with Crippen molar-refractivity contribution in [3.63, 3.8) is 0 Å². The van der Waals surface area contributed by atoms with E-state index in [1.807, 2.05) is 0 Å². The van der Waals surface area contributed by atoms with Gasteiger partial charge in [-0.25, -0.2) is 8.78 Å². The Balaban J connectivity index is 2.27. The highest BCUT2D eigenvalue weighted by molar-refractivity contribution is 5.94. The Kier molecular flexibility index (Phi) is 3.59. The number of amides is 1. The summed E-state index contributed by atoms with van der Waals surface area (Å²) in [7, 11) is 1.48. The van der Waals surface area contributed by atoms with Gasteiger partial charge in [0.15, 0.2) is 0 Å². The Morgan fingerprint density at radius 1 is 1.42 bits per heavy atom. The van der Waals surface area contributed by atoms with Crippen LogP contribution in [0.15, 0.2) is 24.5 Å². The quantitative estimate of drug-likeness (QED) is 0.925. The number of hydrogen-bond acceptors (Lipinski definition) is 2. The van der Waals surface area contributed by atoms with Gasteiger partial charge in [0.2, 0.25) is 0 Å². The molecule has 1 amide bonds. The molecule has 6 heteroatoms. The van der Waals surface area contributed by atoms with Crippen LogP contribution in [0.2, 0.25) is 0 Å². The number of benzene rings is 1. The van der Waals surface area contributed by atoms with E-state index in [1.54, 1.807) is 12.4 Å². The zero-order valence-corrected chi connectivity index (χ0v) is 10.6. The predicted octanol–water partition coefficient (Wildman–Crippen LogP) is 2.27. The monoisotopic (exact) mass is 265 g/mol. The van der Waals surface area contributed by atoms with Gasteiger partial charge < -0.3 is 4.90 Å². The predicted molar refractivity (Wildman–Crippen MR) is 65.5 cm³/mol. The van der Waals surface area contributed by atoms with Crippen molar-refractivity contribution >= 4 is 5.91 Å². The average Bonchev–Trinajstić information content (AvgIpc) is 2.87. The Hall–Kier alpha value is -2.24. The number of aromatic nitrogens is 2. The maximum Gasteiger partial charge on any atom is 0.259 e. The van der Waals surface area contributed by atoms with E-state index >= 15 is 0 Å². The number of H-pyrrole nitrogens is 1. The van der Waals surface area contributed by atoms with Crippen LogP contribution in [0.4, 0.5) is 8.78 Å². The first-order valence-electron chi connectivity index (χ1n) is 5.68. The molecule has 0 spiro atoms. The fourth-order valence-electron chi connectivity index (χ4n) is 1.75. The molecule has 0 aliphatic heterocycles. The van der Waals surface area contributed by atoms with Gasteiger partial charge in [-0.2, -0.15) is 5.10 Å². The van der Waals surface area contributed by atoms with Gasteiger partial charge in [-0.3, -0.25) is 9.89 Å². The lowest BCUT2D eigenvalue weighted by Gasteiger charge is -2.17. The lowest BCUT2D eigenvalue weighted by Crippen LogP contribution is -2.28. The van der Waals surface area contributed by atoms with Gasteiger partial charge in [-0.15, -0.1) is 0 Å². The van der Waals surface area contributed by atoms with Gasteiger partial charge >= 0.3 is 0 Å². The SMILES string of the molecule is Cc1ccc(F)c(C(=O)N(C)Cc2cn[nH]c2)c1F. The summed E-state index contributed by atoms with van der Waals surface area (Å²) in [4.78, 5) is 13.3. The van der Waals surface area contributed by atoms with Crippen LogP contribution < -0.4 is 0 Å². The van der Waals surface area contributed by atoms with E-state index in [9.17, 15) is 13.6 Å². The van der Waals surface area contributed by atoms with Gasteiger partial charge in [0.1, 0.15) is 17.2 Å². The first-order valence-corrected chi connectivity index (χ1v) is 5.68. The topological polar surface area (TPSA) is 49.0 Å². The molecule has 100 valence electrons. The number of rotatable bonds is 3. The Bertz CT molecular complexity index is 596. The van der Waals surface area contributed by atoms with Crippen molar-refractivity contribution in [2.75, 3.05) is 7.05 Å². The third-order valence-corrected chi connectivity index (χ3v) is 2.82. The van der Waals surface area contributed by atoms with E-state index in [0.717, 1.165) is 11.6 Å². The standard InChI is InChI=1S/C13H13F2N3O/c1-8-3-4-10(14)11(12(8)15)13(19)18(2)7-9-5-16-17-6-9/h3-6H,7H2,1-2H3,(H,16,17). The van der Waals surface area contributed by atoms with Crippen LogP contribution in [0.3, 0.4) is 0 Å². The lowest BCUT2D eigenvalue weighted by atomic mass is 10.1. The molecule has 0 aliphatic rings. The smallest absolute Gasteiger partial charge is 0.259 e. The lowest BCUT2D eigenvalue weighted by molar-refractivity contribution is 0.0775. The molecule has 1 N–H and O–H groups in total. The summed E-state index contributed by atoms with van der Waals surface area (Å²) in [6.45, 7) is 1.71. The van der Waals surface area contributed by atoms with Crippen molar-refractivity contribution in [2.45, 2.75) is 13.5 Å². The molecule has 0 saturated heterocycles. The van der Waals surface area contributed by atoms with Crippen molar-refractivity contribution in [3.05, 3.63) is 52.9 Å². The summed E-state index contributed by atoms with van der Waals surface area (Å²) in [5.74, 6) is -2.36. The largest absolute Gasteiger partial charge is 0.337 e. The summed E-state index contributed by atoms with van der Waals surface area (Å²) >= 11 is 0. The Labute approximate surface area is 109 Å². The minimum absolute atomic E-state index is 0.224. The number of hydrogen-bond donors (Lipinski definition) is 1. The highest BCUT2D eigenvalue weighted by Crippen LogP contribution is 2.18. The maximum absolute atomic E-state index is 13.8. The third-order valence-electron chi connectivity index (χ3n) is 2.82. The van der Waals surface area contributed by atoms with Crippen LogP contribution in [0, 0.1) is 18.6 Å². The number of nitrogens with one attached hydrogen (secondary N) is 1. The van der Waals surface area contributed by atoms with Gasteiger partial charge in [0.05, 0.1) is 6.20 Å². The average molecular weight is 265 g/mol. The molecule has 0 unspecified atom stereocenters. The van der Waals surface area contributed by atoms with E-state index in [1.165, 1.54) is 24.9 Å². The Morgan fingerprint density at radius 2 is 2.16 bits per heavy atom. The number of nitrogens with zero attached hydrogens (tertiary/aromatic N) is 2. The highest BCUT2D eigenvalue weighted by Gasteiger charge is 2.22. The second-order valence-electron chi connectivity index (χ2n) is 4.32. The van der Waals surface area contributed by atoms with Gasteiger partial charge in [0, 0.05) is 25.4 Å². The summed E-state index contributed by atoms with van der Waals surface area (Å²) in [5, 5.41) is 6.35. The van der Waals surface area contributed by atoms with Crippen molar-refractivity contribution in [3.8, 4) is 0 Å². The molecular formula is C13H13F2N3O. The van der Waals surface area contributed by atoms with E-state index in [2.05, 4.69) is 10.2 Å². The van der Waals surface area contributed by atoms with Crippen LogP contribution in [-0.2, 0) is 6.54 Å². The third kappa shape index (κ3) is 2.62. The molecule has 4 nitrogen and oxygen atoms in total. The molecule has 0 fully saturated rings. The Morgan fingerprint density at radius 3 is 2.79 bits per heavy atom. The minimum atomic E-state index is -0.854. The first kappa shape index (κ1) is 13.2. The molecule has 19 heavy (non-hydrogen) atoms. The van der Waals surface area contributed by atoms with E-state index in [4.69, 9.17) is 0 Å². The molecular weight excluding hydrogens is 252 g/mol. The fourth-order valence-corrected chi connectivity index (χ4v) is 1.75. The van der Waals surface area contributed by atoms with Crippen molar-refractivity contribution in [1.29, 1.82) is 0 Å². The number of aromatic amines is 1.